The van der Waals surface area contributed by atoms with Crippen LogP contribution in [0, 0.1) is 0 Å². The number of nitrogens with two attached hydrogens (primary N) is 1. The fourth-order valence-corrected chi connectivity index (χ4v) is 4.39. The van der Waals surface area contributed by atoms with Crippen LogP contribution in [0.15, 0.2) is 53.3 Å². The molecule has 1 aromatic carbocycles. The Labute approximate surface area is 109 Å². The van der Waals surface area contributed by atoms with Gasteiger partial charge in [0, 0.05) is 10.6 Å². The monoisotopic (exact) mass is 259 g/mol. The van der Waals surface area contributed by atoms with E-state index in [4.69, 9.17) is 5.73 Å². The number of rotatable bonds is 2. The molecule has 0 fully saturated rings. The summed E-state index contributed by atoms with van der Waals surface area (Å²) in [4.78, 5) is 1.41. The quantitative estimate of drug-likeness (QED) is 0.817. The van der Waals surface area contributed by atoms with Crippen LogP contribution in [0.2, 0.25) is 0 Å². The Morgan fingerprint density at radius 1 is 1.12 bits per heavy atom. The van der Waals surface area contributed by atoms with Gasteiger partial charge in [0.2, 0.25) is 0 Å². The Morgan fingerprint density at radius 2 is 1.94 bits per heavy atom. The van der Waals surface area contributed by atoms with Gasteiger partial charge in [-0.15, -0.1) is 23.1 Å². The third-order valence-corrected chi connectivity index (χ3v) is 5.58. The molecule has 0 saturated carbocycles. The lowest BCUT2D eigenvalue weighted by Crippen LogP contribution is -2.18. The lowest BCUT2D eigenvalue weighted by Gasteiger charge is -2.27. The summed E-state index contributed by atoms with van der Waals surface area (Å²) < 4.78 is 0.0713. The van der Waals surface area contributed by atoms with Gasteiger partial charge in [-0.3, -0.25) is 0 Å². The van der Waals surface area contributed by atoms with Crippen molar-refractivity contribution in [2.24, 2.45) is 0 Å². The average Bonchev–Trinajstić information content (AvgIpc) is 3.01. The number of hydrogen-bond acceptors (Lipinski definition) is 3. The van der Waals surface area contributed by atoms with E-state index < -0.39 is 0 Å². The molecule has 3 rings (SSSR count). The molecule has 3 heteroatoms. The van der Waals surface area contributed by atoms with Crippen molar-refractivity contribution in [2.45, 2.75) is 11.2 Å². The maximum absolute atomic E-state index is 5.77. The Kier molecular flexibility index (Phi) is 2.73. The zero-order valence-corrected chi connectivity index (χ0v) is 10.9. The SMILES string of the molecule is Nc1ccc(C2(c3cccs3)CC=CS2)cc1. The second-order valence-electron chi connectivity index (χ2n) is 4.12. The molecule has 86 valence electrons. The van der Waals surface area contributed by atoms with Crippen molar-refractivity contribution < 1.29 is 0 Å². The molecule has 0 spiro atoms. The maximum atomic E-state index is 5.77. The molecule has 2 N–H and O–H groups in total. The van der Waals surface area contributed by atoms with E-state index in [1.165, 1.54) is 10.4 Å². The fourth-order valence-electron chi connectivity index (χ4n) is 2.17. The normalized spacial score (nSPS) is 23.1. The predicted octanol–water partition coefficient (Wildman–Crippen LogP) is 4.22. The Bertz CT molecular complexity index is 518. The number of nitrogen functional groups attached to an aromatic ring is 1. The Balaban J connectivity index is 2.09. The number of thioether (sulfide) groups is 1. The van der Waals surface area contributed by atoms with Crippen molar-refractivity contribution in [3.63, 3.8) is 0 Å². The minimum absolute atomic E-state index is 0.0713. The zero-order valence-electron chi connectivity index (χ0n) is 9.30. The van der Waals surface area contributed by atoms with Gasteiger partial charge in [-0.05, 0) is 41.0 Å². The van der Waals surface area contributed by atoms with Crippen molar-refractivity contribution in [2.75, 3.05) is 5.73 Å². The minimum Gasteiger partial charge on any atom is -0.399 e. The summed E-state index contributed by atoms with van der Waals surface area (Å²) in [7, 11) is 0. The highest BCUT2D eigenvalue weighted by Gasteiger charge is 2.36. The Morgan fingerprint density at radius 3 is 2.53 bits per heavy atom. The molecular weight excluding hydrogens is 246 g/mol. The lowest BCUT2D eigenvalue weighted by atomic mass is 9.93. The van der Waals surface area contributed by atoms with Crippen LogP contribution in [0.4, 0.5) is 5.69 Å². The highest BCUT2D eigenvalue weighted by atomic mass is 32.2. The molecule has 1 aliphatic rings. The first-order valence-corrected chi connectivity index (χ1v) is 7.30. The smallest absolute Gasteiger partial charge is 0.0825 e. The molecule has 0 bridgehead atoms. The molecule has 1 aliphatic heterocycles. The van der Waals surface area contributed by atoms with Crippen molar-refractivity contribution in [1.29, 1.82) is 0 Å². The summed E-state index contributed by atoms with van der Waals surface area (Å²) in [5.41, 5.74) is 7.93. The van der Waals surface area contributed by atoms with Crippen LogP contribution in [0.25, 0.3) is 0 Å². The van der Waals surface area contributed by atoms with E-state index in [9.17, 15) is 0 Å². The first kappa shape index (κ1) is 10.9. The van der Waals surface area contributed by atoms with Crippen molar-refractivity contribution in [1.82, 2.24) is 0 Å². The molecule has 0 amide bonds. The highest BCUT2D eigenvalue weighted by Crippen LogP contribution is 2.51. The van der Waals surface area contributed by atoms with Crippen LogP contribution in [0.1, 0.15) is 16.9 Å². The topological polar surface area (TPSA) is 26.0 Å². The first-order chi connectivity index (χ1) is 8.31. The van der Waals surface area contributed by atoms with Crippen molar-refractivity contribution >= 4 is 28.8 Å². The van der Waals surface area contributed by atoms with Gasteiger partial charge < -0.3 is 5.73 Å². The zero-order chi connectivity index (χ0) is 11.7. The van der Waals surface area contributed by atoms with Crippen LogP contribution in [-0.2, 0) is 4.75 Å². The molecule has 0 radical (unpaired) electrons. The van der Waals surface area contributed by atoms with Gasteiger partial charge in [0.15, 0.2) is 0 Å². The highest BCUT2D eigenvalue weighted by molar-refractivity contribution is 8.03. The second kappa shape index (κ2) is 4.24. The van der Waals surface area contributed by atoms with Gasteiger partial charge in [0.05, 0.1) is 4.75 Å². The van der Waals surface area contributed by atoms with E-state index in [1.807, 2.05) is 35.2 Å². The van der Waals surface area contributed by atoms with E-state index in [-0.39, 0.29) is 4.75 Å². The average molecular weight is 259 g/mol. The molecule has 0 aliphatic carbocycles. The molecule has 1 unspecified atom stereocenters. The molecular formula is C14H13NS2. The molecule has 17 heavy (non-hydrogen) atoms. The van der Waals surface area contributed by atoms with Crippen LogP contribution < -0.4 is 5.73 Å². The number of hydrogen-bond donors (Lipinski definition) is 1. The van der Waals surface area contributed by atoms with E-state index in [1.54, 1.807) is 0 Å². The summed E-state index contributed by atoms with van der Waals surface area (Å²) in [6, 6.07) is 12.6. The van der Waals surface area contributed by atoms with E-state index in [0.29, 0.717) is 0 Å². The molecule has 1 atom stereocenters. The van der Waals surface area contributed by atoms with Crippen LogP contribution in [0.5, 0.6) is 0 Å². The van der Waals surface area contributed by atoms with Gasteiger partial charge in [0.1, 0.15) is 0 Å². The third-order valence-electron chi connectivity index (χ3n) is 3.07. The van der Waals surface area contributed by atoms with Gasteiger partial charge in [-0.25, -0.2) is 0 Å². The van der Waals surface area contributed by atoms with Gasteiger partial charge in [-0.1, -0.05) is 24.3 Å². The standard InChI is InChI=1S/C14H13NS2/c15-12-6-4-11(5-7-12)14(8-2-10-17-14)13-3-1-9-16-13/h1-7,9-10H,8,15H2. The Hall–Kier alpha value is -1.19. The largest absolute Gasteiger partial charge is 0.399 e. The molecule has 2 aromatic rings. The number of allylic oxidation sites excluding steroid dienone is 1. The molecule has 0 saturated heterocycles. The van der Waals surface area contributed by atoms with Crippen molar-refractivity contribution in [3.8, 4) is 0 Å². The lowest BCUT2D eigenvalue weighted by molar-refractivity contribution is 0.788. The maximum Gasteiger partial charge on any atom is 0.0825 e. The predicted molar refractivity (Wildman–Crippen MR) is 77.3 cm³/mol. The summed E-state index contributed by atoms with van der Waals surface area (Å²) in [6.07, 6.45) is 3.31. The summed E-state index contributed by atoms with van der Waals surface area (Å²) >= 11 is 3.72. The van der Waals surface area contributed by atoms with E-state index in [2.05, 4.69) is 41.1 Å². The van der Waals surface area contributed by atoms with Crippen molar-refractivity contribution in [3.05, 3.63) is 63.7 Å². The molecule has 2 heterocycles. The molecule has 1 aromatic heterocycles. The van der Waals surface area contributed by atoms with Crippen LogP contribution >= 0.6 is 23.1 Å². The minimum atomic E-state index is 0.0713. The third kappa shape index (κ3) is 1.79. The van der Waals surface area contributed by atoms with Gasteiger partial charge in [-0.2, -0.15) is 0 Å². The molecule has 1 nitrogen and oxygen atoms in total. The number of thiophene rings is 1. The summed E-state index contributed by atoms with van der Waals surface area (Å²) in [5, 5.41) is 4.35. The second-order valence-corrected chi connectivity index (χ2v) is 6.27. The number of benzene rings is 1. The first-order valence-electron chi connectivity index (χ1n) is 5.54. The van der Waals surface area contributed by atoms with Crippen LogP contribution in [-0.4, -0.2) is 0 Å². The summed E-state index contributed by atoms with van der Waals surface area (Å²) in [6.45, 7) is 0. The van der Waals surface area contributed by atoms with E-state index in [0.717, 1.165) is 12.1 Å². The fraction of sp³-hybridized carbons (Fsp3) is 0.143. The van der Waals surface area contributed by atoms with Crippen LogP contribution in [0.3, 0.4) is 0 Å². The van der Waals surface area contributed by atoms with Gasteiger partial charge >= 0.3 is 0 Å². The number of anilines is 1. The summed E-state index contributed by atoms with van der Waals surface area (Å²) in [5.74, 6) is 0. The van der Waals surface area contributed by atoms with Gasteiger partial charge in [0.25, 0.3) is 0 Å². The van der Waals surface area contributed by atoms with E-state index >= 15 is 0 Å².